The van der Waals surface area contributed by atoms with Gasteiger partial charge in [0.1, 0.15) is 0 Å². The number of fused-ring (bicyclic) bond motifs is 1. The summed E-state index contributed by atoms with van der Waals surface area (Å²) in [6.45, 7) is 2.56. The molecular formula is C22H21N5O2S. The Labute approximate surface area is 178 Å². The van der Waals surface area contributed by atoms with Crippen LogP contribution >= 0.6 is 11.3 Å². The smallest absolute Gasteiger partial charge is 0.254 e. The average Bonchev–Trinajstić information content (AvgIpc) is 3.43. The topological polar surface area (TPSA) is 80.1 Å². The molecular weight excluding hydrogens is 398 g/mol. The lowest BCUT2D eigenvalue weighted by Crippen LogP contribution is -2.35. The van der Waals surface area contributed by atoms with Crippen LogP contribution in [-0.4, -0.2) is 45.1 Å². The molecule has 3 heterocycles. The second-order valence-electron chi connectivity index (χ2n) is 6.81. The van der Waals surface area contributed by atoms with Crippen LogP contribution in [0.4, 0.5) is 5.69 Å². The van der Waals surface area contributed by atoms with E-state index in [4.69, 9.17) is 4.98 Å². The van der Waals surface area contributed by atoms with Gasteiger partial charge >= 0.3 is 0 Å². The Morgan fingerprint density at radius 1 is 1.17 bits per heavy atom. The predicted molar refractivity (Wildman–Crippen MR) is 119 cm³/mol. The first-order chi connectivity index (χ1) is 14.6. The number of nitrogens with zero attached hydrogens (tertiary/aromatic N) is 4. The molecule has 0 fully saturated rings. The zero-order valence-corrected chi connectivity index (χ0v) is 17.5. The third kappa shape index (κ3) is 3.95. The first-order valence-electron chi connectivity index (χ1n) is 9.57. The number of anilines is 1. The Hall–Kier alpha value is -3.52. The minimum absolute atomic E-state index is 0.0617. The van der Waals surface area contributed by atoms with Crippen molar-refractivity contribution in [3.8, 4) is 10.6 Å². The van der Waals surface area contributed by atoms with Crippen molar-refractivity contribution in [2.75, 3.05) is 18.9 Å². The van der Waals surface area contributed by atoms with Gasteiger partial charge in [-0.15, -0.1) is 11.3 Å². The molecule has 0 aliphatic carbocycles. The van der Waals surface area contributed by atoms with Crippen LogP contribution in [0.3, 0.4) is 0 Å². The maximum Gasteiger partial charge on any atom is 0.254 e. The lowest BCUT2D eigenvalue weighted by Gasteiger charge is -2.18. The van der Waals surface area contributed by atoms with E-state index >= 15 is 0 Å². The first-order valence-corrected chi connectivity index (χ1v) is 10.5. The lowest BCUT2D eigenvalue weighted by molar-refractivity contribution is -0.116. The van der Waals surface area contributed by atoms with E-state index in [1.54, 1.807) is 47.5 Å². The van der Waals surface area contributed by atoms with Gasteiger partial charge in [-0.1, -0.05) is 24.3 Å². The number of carbonyl (C=O) groups excluding carboxylic acids is 2. The first kappa shape index (κ1) is 19.8. The second kappa shape index (κ2) is 8.46. The largest absolute Gasteiger partial charge is 0.332 e. The van der Waals surface area contributed by atoms with Gasteiger partial charge in [0.15, 0.2) is 5.65 Å². The number of likely N-dealkylation sites (N-methyl/N-ethyl adjacent to an activating group) is 1. The van der Waals surface area contributed by atoms with Crippen LogP contribution in [0.1, 0.15) is 17.3 Å². The summed E-state index contributed by atoms with van der Waals surface area (Å²) in [7, 11) is 1.62. The van der Waals surface area contributed by atoms with Gasteiger partial charge in [-0.25, -0.2) is 9.67 Å². The van der Waals surface area contributed by atoms with Crippen molar-refractivity contribution in [1.82, 2.24) is 19.7 Å². The molecule has 0 radical (unpaired) electrons. The van der Waals surface area contributed by atoms with Crippen molar-refractivity contribution in [3.05, 3.63) is 65.7 Å². The highest BCUT2D eigenvalue weighted by Crippen LogP contribution is 2.28. The fourth-order valence-corrected chi connectivity index (χ4v) is 3.91. The Kier molecular flexibility index (Phi) is 5.58. The number of hydrogen-bond acceptors (Lipinski definition) is 5. The third-order valence-electron chi connectivity index (χ3n) is 4.70. The molecule has 0 aliphatic rings. The van der Waals surface area contributed by atoms with Crippen molar-refractivity contribution in [1.29, 1.82) is 0 Å². The van der Waals surface area contributed by atoms with Crippen molar-refractivity contribution in [2.24, 2.45) is 0 Å². The molecule has 0 saturated heterocycles. The third-order valence-corrected chi connectivity index (χ3v) is 5.59. The molecule has 2 amide bonds. The summed E-state index contributed by atoms with van der Waals surface area (Å²) in [5, 5.41) is 9.82. The molecule has 8 heteroatoms. The molecule has 0 spiro atoms. The van der Waals surface area contributed by atoms with E-state index in [9.17, 15) is 9.59 Å². The minimum atomic E-state index is -0.259. The summed E-state index contributed by atoms with van der Waals surface area (Å²) in [4.78, 5) is 32.8. The van der Waals surface area contributed by atoms with Crippen LogP contribution in [-0.2, 0) is 11.3 Å². The fourth-order valence-electron chi connectivity index (χ4n) is 3.22. The van der Waals surface area contributed by atoms with Gasteiger partial charge < -0.3 is 10.2 Å². The number of thiophene rings is 1. The number of rotatable bonds is 6. The number of carbonyl (C=O) groups is 2. The van der Waals surface area contributed by atoms with E-state index in [2.05, 4.69) is 10.4 Å². The summed E-state index contributed by atoms with van der Waals surface area (Å²) in [5.41, 5.74) is 2.56. The molecule has 152 valence electrons. The molecule has 30 heavy (non-hydrogen) atoms. The molecule has 0 saturated carbocycles. The van der Waals surface area contributed by atoms with E-state index in [0.29, 0.717) is 28.8 Å². The second-order valence-corrected chi connectivity index (χ2v) is 7.75. The van der Waals surface area contributed by atoms with Gasteiger partial charge in [-0.2, -0.15) is 5.10 Å². The van der Waals surface area contributed by atoms with Gasteiger partial charge in [-0.3, -0.25) is 9.59 Å². The van der Waals surface area contributed by atoms with E-state index < -0.39 is 0 Å². The van der Waals surface area contributed by atoms with Crippen molar-refractivity contribution >= 4 is 39.9 Å². The number of amides is 2. The Balaban J connectivity index is 1.63. The Morgan fingerprint density at radius 3 is 2.67 bits per heavy atom. The molecule has 0 atom stereocenters. The fraction of sp³-hybridized carbons (Fsp3) is 0.182. The van der Waals surface area contributed by atoms with Crippen molar-refractivity contribution in [3.63, 3.8) is 0 Å². The molecule has 4 rings (SSSR count). The van der Waals surface area contributed by atoms with Crippen LogP contribution in [0.25, 0.3) is 21.6 Å². The monoisotopic (exact) mass is 419 g/mol. The number of hydrogen-bond donors (Lipinski definition) is 1. The van der Waals surface area contributed by atoms with Gasteiger partial charge in [0, 0.05) is 19.3 Å². The van der Waals surface area contributed by atoms with Crippen LogP contribution in [0.15, 0.2) is 60.1 Å². The number of pyridine rings is 1. The Morgan fingerprint density at radius 2 is 1.97 bits per heavy atom. The van der Waals surface area contributed by atoms with Crippen molar-refractivity contribution < 1.29 is 9.59 Å². The number of para-hydroxylation sites is 1. The summed E-state index contributed by atoms with van der Waals surface area (Å²) in [5.74, 6) is -0.510. The molecule has 1 aromatic carbocycles. The lowest BCUT2D eigenvalue weighted by atomic mass is 10.1. The maximum atomic E-state index is 13.3. The zero-order valence-electron chi connectivity index (χ0n) is 16.7. The van der Waals surface area contributed by atoms with E-state index in [1.165, 1.54) is 4.90 Å². The van der Waals surface area contributed by atoms with Gasteiger partial charge in [0.2, 0.25) is 5.91 Å². The summed E-state index contributed by atoms with van der Waals surface area (Å²) >= 11 is 1.56. The van der Waals surface area contributed by atoms with E-state index in [-0.39, 0.29) is 18.4 Å². The Bertz CT molecular complexity index is 1190. The zero-order chi connectivity index (χ0) is 21.1. The highest BCUT2D eigenvalue weighted by Gasteiger charge is 2.21. The number of nitrogens with one attached hydrogen (secondary N) is 1. The molecule has 3 aromatic heterocycles. The molecule has 1 N–H and O–H groups in total. The summed E-state index contributed by atoms with van der Waals surface area (Å²) in [6, 6.07) is 14.9. The van der Waals surface area contributed by atoms with Crippen LogP contribution in [0.5, 0.6) is 0 Å². The van der Waals surface area contributed by atoms with Crippen LogP contribution in [0.2, 0.25) is 0 Å². The van der Waals surface area contributed by atoms with Crippen molar-refractivity contribution in [2.45, 2.75) is 13.5 Å². The number of aryl methyl sites for hydroxylation is 1. The molecule has 4 aromatic rings. The molecule has 0 aliphatic heterocycles. The van der Waals surface area contributed by atoms with E-state index in [0.717, 1.165) is 10.6 Å². The minimum Gasteiger partial charge on any atom is -0.332 e. The summed E-state index contributed by atoms with van der Waals surface area (Å²) < 4.78 is 1.77. The molecule has 7 nitrogen and oxygen atoms in total. The van der Waals surface area contributed by atoms with Gasteiger partial charge in [-0.05, 0) is 36.6 Å². The quantitative estimate of drug-likeness (QED) is 0.514. The summed E-state index contributed by atoms with van der Waals surface area (Å²) in [6.07, 6.45) is 1.66. The highest BCUT2D eigenvalue weighted by atomic mass is 32.1. The normalized spacial score (nSPS) is 10.9. The number of benzene rings is 1. The van der Waals surface area contributed by atoms with Crippen LogP contribution < -0.4 is 5.32 Å². The SMILES string of the molecule is CCn1ncc2c(C(=O)N(C)CC(=O)Nc3ccccc3)cc(-c3cccs3)nc21. The average molecular weight is 420 g/mol. The predicted octanol–water partition coefficient (Wildman–Crippen LogP) is 3.89. The van der Waals surface area contributed by atoms with Crippen LogP contribution in [0, 0.1) is 0 Å². The van der Waals surface area contributed by atoms with Gasteiger partial charge in [0.25, 0.3) is 5.91 Å². The maximum absolute atomic E-state index is 13.3. The molecule has 0 bridgehead atoms. The van der Waals surface area contributed by atoms with E-state index in [1.807, 2.05) is 42.6 Å². The highest BCUT2D eigenvalue weighted by molar-refractivity contribution is 7.13. The standard InChI is InChI=1S/C22H21N5O2S/c1-3-27-21-17(13-23-27)16(12-18(25-21)19-10-7-11-30-19)22(29)26(2)14-20(28)24-15-8-5-4-6-9-15/h4-13H,3,14H2,1-2H3,(H,24,28). The number of aromatic nitrogens is 3. The van der Waals surface area contributed by atoms with Gasteiger partial charge in [0.05, 0.1) is 34.3 Å². The molecule has 0 unspecified atom stereocenters.